The molecule has 33 heavy (non-hydrogen) atoms. The normalized spacial score (nSPS) is 17.3. The van der Waals surface area contributed by atoms with Crippen molar-refractivity contribution in [3.8, 4) is 0 Å². The van der Waals surface area contributed by atoms with E-state index in [2.05, 4.69) is 10.3 Å². The van der Waals surface area contributed by atoms with Crippen LogP contribution in [0.5, 0.6) is 0 Å². The number of para-hydroxylation sites is 2. The molecule has 1 N–H and O–H groups in total. The van der Waals surface area contributed by atoms with Crippen molar-refractivity contribution in [2.75, 3.05) is 11.9 Å². The van der Waals surface area contributed by atoms with Gasteiger partial charge in [0.25, 0.3) is 0 Å². The Morgan fingerprint density at radius 2 is 1.70 bits per heavy atom. The predicted molar refractivity (Wildman–Crippen MR) is 126 cm³/mol. The molecule has 5 nitrogen and oxygen atoms in total. The van der Waals surface area contributed by atoms with Crippen LogP contribution in [-0.4, -0.2) is 33.7 Å². The lowest BCUT2D eigenvalue weighted by Gasteiger charge is -2.32. The van der Waals surface area contributed by atoms with Gasteiger partial charge in [-0.05, 0) is 48.4 Å². The molecule has 0 saturated carbocycles. The van der Waals surface area contributed by atoms with Gasteiger partial charge in [0, 0.05) is 18.7 Å². The van der Waals surface area contributed by atoms with E-state index in [1.165, 1.54) is 29.2 Å². The highest BCUT2D eigenvalue weighted by atomic mass is 32.2. The number of rotatable bonds is 6. The summed E-state index contributed by atoms with van der Waals surface area (Å²) in [7, 11) is 0. The molecule has 0 bridgehead atoms. The van der Waals surface area contributed by atoms with E-state index in [1.807, 2.05) is 6.07 Å². The Morgan fingerprint density at radius 1 is 1.00 bits per heavy atom. The van der Waals surface area contributed by atoms with Gasteiger partial charge >= 0.3 is 0 Å². The number of thioether (sulfide) groups is 1. The van der Waals surface area contributed by atoms with Gasteiger partial charge in [0.05, 0.1) is 0 Å². The monoisotopic (exact) mass is 465 g/mol. The number of hydrogen-bond acceptors (Lipinski definition) is 4. The van der Waals surface area contributed by atoms with Crippen molar-refractivity contribution in [2.45, 2.75) is 18.1 Å². The molecule has 2 amide bonds. The first-order chi connectivity index (χ1) is 16.0. The first-order valence-corrected chi connectivity index (χ1v) is 11.3. The maximum atomic E-state index is 14.3. The fourth-order valence-corrected chi connectivity index (χ4v) is 4.46. The molecule has 0 aliphatic carbocycles. The van der Waals surface area contributed by atoms with E-state index in [4.69, 9.17) is 0 Å². The molecule has 1 saturated heterocycles. The number of amidine groups is 1. The van der Waals surface area contributed by atoms with Crippen molar-refractivity contribution in [3.63, 3.8) is 0 Å². The summed E-state index contributed by atoms with van der Waals surface area (Å²) in [6.45, 7) is 0.276. The molecule has 1 aliphatic heterocycles. The van der Waals surface area contributed by atoms with Crippen LogP contribution in [0.4, 0.5) is 20.2 Å². The van der Waals surface area contributed by atoms with Crippen LogP contribution in [-0.2, 0) is 16.0 Å². The Morgan fingerprint density at radius 3 is 2.42 bits per heavy atom. The third-order valence-electron chi connectivity index (χ3n) is 5.08. The molecule has 3 aromatic rings. The number of anilines is 1. The number of carbonyl (C=O) groups excluding carboxylic acids is 2. The van der Waals surface area contributed by atoms with E-state index >= 15 is 0 Å². The van der Waals surface area contributed by atoms with Gasteiger partial charge in [-0.15, -0.1) is 0 Å². The summed E-state index contributed by atoms with van der Waals surface area (Å²) >= 11 is 1.13. The zero-order valence-corrected chi connectivity index (χ0v) is 18.4. The fraction of sp³-hybridized carbons (Fsp3) is 0.160. The second kappa shape index (κ2) is 10.4. The minimum atomic E-state index is -0.703. The Kier molecular flexibility index (Phi) is 7.14. The lowest BCUT2D eigenvalue weighted by molar-refractivity contribution is -0.129. The van der Waals surface area contributed by atoms with Crippen molar-refractivity contribution in [3.05, 3.63) is 96.1 Å². The van der Waals surface area contributed by atoms with Crippen LogP contribution < -0.4 is 5.32 Å². The molecular weight excluding hydrogens is 444 g/mol. The van der Waals surface area contributed by atoms with Crippen LogP contribution in [0.2, 0.25) is 0 Å². The van der Waals surface area contributed by atoms with Crippen molar-refractivity contribution in [2.24, 2.45) is 4.99 Å². The summed E-state index contributed by atoms with van der Waals surface area (Å²) in [6.07, 6.45) is 0.451. The summed E-state index contributed by atoms with van der Waals surface area (Å²) in [6, 6.07) is 21.0. The number of nitrogens with one attached hydrogen (secondary N) is 1. The first-order valence-electron chi connectivity index (χ1n) is 10.4. The standard InChI is InChI=1S/C25H21F2N3O2S/c26-18-12-10-17(11-13-18)14-15-30-23(31)16-22(24(32)28-19-6-2-1-3-7-19)33-25(30)29-21-9-5-4-8-20(21)27/h1-13,22H,14-16H2,(H,28,32)/t22-/m1/s1. The Labute approximate surface area is 194 Å². The van der Waals surface area contributed by atoms with Crippen molar-refractivity contribution < 1.29 is 18.4 Å². The molecule has 0 aromatic heterocycles. The zero-order chi connectivity index (χ0) is 23.2. The van der Waals surface area contributed by atoms with Gasteiger partial charge < -0.3 is 5.32 Å². The smallest absolute Gasteiger partial charge is 0.238 e. The zero-order valence-electron chi connectivity index (χ0n) is 17.6. The number of carbonyl (C=O) groups is 2. The Balaban J connectivity index is 1.56. The minimum absolute atomic E-state index is 0.0109. The highest BCUT2D eigenvalue weighted by Crippen LogP contribution is 2.31. The minimum Gasteiger partial charge on any atom is -0.325 e. The molecule has 0 radical (unpaired) electrons. The summed E-state index contributed by atoms with van der Waals surface area (Å²) in [5.74, 6) is -1.46. The highest BCUT2D eigenvalue weighted by molar-refractivity contribution is 8.15. The number of hydrogen-bond donors (Lipinski definition) is 1. The largest absolute Gasteiger partial charge is 0.325 e. The molecule has 0 spiro atoms. The van der Waals surface area contributed by atoms with Gasteiger partial charge in [-0.3, -0.25) is 14.5 Å². The van der Waals surface area contributed by atoms with Gasteiger partial charge in [-0.25, -0.2) is 13.8 Å². The van der Waals surface area contributed by atoms with Gasteiger partial charge in [0.2, 0.25) is 11.8 Å². The molecule has 4 rings (SSSR count). The van der Waals surface area contributed by atoms with Gasteiger partial charge in [-0.2, -0.15) is 0 Å². The molecular formula is C25H21F2N3O2S. The molecule has 8 heteroatoms. The number of nitrogens with zero attached hydrogens (tertiary/aromatic N) is 2. The number of amides is 2. The second-order valence-corrected chi connectivity index (χ2v) is 8.60. The molecule has 1 fully saturated rings. The SMILES string of the molecule is O=C(Nc1ccccc1)[C@H]1CC(=O)N(CCc2ccc(F)cc2)C(=Nc2ccccc2F)S1. The first kappa shape index (κ1) is 22.7. The molecule has 3 aromatic carbocycles. The molecule has 1 atom stereocenters. The summed E-state index contributed by atoms with van der Waals surface area (Å²) in [5, 5.41) is 2.36. The lowest BCUT2D eigenvalue weighted by Crippen LogP contribution is -2.46. The summed E-state index contributed by atoms with van der Waals surface area (Å²) < 4.78 is 27.5. The third kappa shape index (κ3) is 5.84. The van der Waals surface area contributed by atoms with E-state index in [9.17, 15) is 18.4 Å². The van der Waals surface area contributed by atoms with Gasteiger partial charge in [0.15, 0.2) is 5.17 Å². The van der Waals surface area contributed by atoms with E-state index in [1.54, 1.807) is 48.5 Å². The van der Waals surface area contributed by atoms with Gasteiger partial charge in [-0.1, -0.05) is 54.2 Å². The van der Waals surface area contributed by atoms with Gasteiger partial charge in [0.1, 0.15) is 22.6 Å². The Hall–Kier alpha value is -3.52. The van der Waals surface area contributed by atoms with Crippen molar-refractivity contribution >= 4 is 40.1 Å². The van der Waals surface area contributed by atoms with E-state index < -0.39 is 11.1 Å². The van der Waals surface area contributed by atoms with Crippen LogP contribution >= 0.6 is 11.8 Å². The molecule has 0 unspecified atom stereocenters. The molecule has 1 heterocycles. The molecule has 168 valence electrons. The van der Waals surface area contributed by atoms with E-state index in [-0.39, 0.29) is 41.5 Å². The van der Waals surface area contributed by atoms with Crippen LogP contribution in [0.3, 0.4) is 0 Å². The lowest BCUT2D eigenvalue weighted by atomic mass is 10.1. The summed E-state index contributed by atoms with van der Waals surface area (Å²) in [5.41, 5.74) is 1.56. The highest BCUT2D eigenvalue weighted by Gasteiger charge is 2.36. The van der Waals surface area contributed by atoms with Crippen LogP contribution in [0, 0.1) is 11.6 Å². The van der Waals surface area contributed by atoms with E-state index in [0.29, 0.717) is 12.1 Å². The predicted octanol–water partition coefficient (Wildman–Crippen LogP) is 5.17. The maximum Gasteiger partial charge on any atom is 0.238 e. The number of aliphatic imine (C=N–C) groups is 1. The maximum absolute atomic E-state index is 14.3. The van der Waals surface area contributed by atoms with Crippen LogP contribution in [0.1, 0.15) is 12.0 Å². The number of benzene rings is 3. The topological polar surface area (TPSA) is 61.8 Å². The molecule has 1 aliphatic rings. The summed E-state index contributed by atoms with van der Waals surface area (Å²) in [4.78, 5) is 31.7. The van der Waals surface area contributed by atoms with Crippen molar-refractivity contribution in [1.29, 1.82) is 0 Å². The average molecular weight is 466 g/mol. The Bertz CT molecular complexity index is 1170. The van der Waals surface area contributed by atoms with Crippen LogP contribution in [0.15, 0.2) is 83.9 Å². The second-order valence-electron chi connectivity index (χ2n) is 7.43. The average Bonchev–Trinajstić information content (AvgIpc) is 2.81. The van der Waals surface area contributed by atoms with Crippen molar-refractivity contribution in [1.82, 2.24) is 4.90 Å². The number of halogens is 2. The fourth-order valence-electron chi connectivity index (χ4n) is 3.34. The van der Waals surface area contributed by atoms with E-state index in [0.717, 1.165) is 17.3 Å². The third-order valence-corrected chi connectivity index (χ3v) is 6.27. The quantitative estimate of drug-likeness (QED) is 0.547. The van der Waals surface area contributed by atoms with Crippen LogP contribution in [0.25, 0.3) is 0 Å².